The van der Waals surface area contributed by atoms with E-state index >= 15 is 0 Å². The van der Waals surface area contributed by atoms with Gasteiger partial charge in [0, 0.05) is 24.2 Å². The molecule has 1 heterocycles. The van der Waals surface area contributed by atoms with Crippen molar-refractivity contribution in [3.05, 3.63) is 57.2 Å². The van der Waals surface area contributed by atoms with Gasteiger partial charge in [0.1, 0.15) is 23.9 Å². The molecule has 0 aliphatic carbocycles. The van der Waals surface area contributed by atoms with Crippen LogP contribution in [0.3, 0.4) is 0 Å². The van der Waals surface area contributed by atoms with Crippen molar-refractivity contribution in [3.63, 3.8) is 0 Å². The second-order valence-electron chi connectivity index (χ2n) is 4.03. The number of aromatic nitrogens is 1. The third-order valence-electron chi connectivity index (χ3n) is 2.55. The van der Waals surface area contributed by atoms with Crippen LogP contribution in [0.5, 0.6) is 5.75 Å². The van der Waals surface area contributed by atoms with Crippen LogP contribution < -0.4 is 4.74 Å². The molecule has 0 bridgehead atoms. The summed E-state index contributed by atoms with van der Waals surface area (Å²) < 4.78 is 19.7. The first-order valence-electron chi connectivity index (χ1n) is 6.21. The number of ether oxygens (including phenoxy) is 1. The second kappa shape index (κ2) is 7.25. The summed E-state index contributed by atoms with van der Waals surface area (Å²) in [7, 11) is 0. The van der Waals surface area contributed by atoms with E-state index in [0.29, 0.717) is 18.1 Å². The average Bonchev–Trinajstić information content (AvgIpc) is 2.47. The molecule has 0 radical (unpaired) electrons. The van der Waals surface area contributed by atoms with E-state index in [4.69, 9.17) is 4.74 Å². The molecule has 2 aromatic rings. The molecular weight excluding hydrogens is 368 g/mol. The highest BCUT2D eigenvalue weighted by Gasteiger charge is 2.06. The predicted molar refractivity (Wildman–Crippen MR) is 84.9 cm³/mol. The third-order valence-corrected chi connectivity index (χ3v) is 3.44. The summed E-state index contributed by atoms with van der Waals surface area (Å²) in [5.74, 6) is 6.23. The Kier molecular flexibility index (Phi) is 5.36. The first-order valence-corrected chi connectivity index (χ1v) is 7.29. The molecule has 0 saturated carbocycles. The van der Waals surface area contributed by atoms with Crippen molar-refractivity contribution in [2.75, 3.05) is 0 Å². The van der Waals surface area contributed by atoms with Gasteiger partial charge in [-0.25, -0.2) is 9.37 Å². The number of benzene rings is 1. The fourth-order valence-electron chi connectivity index (χ4n) is 1.58. The quantitative estimate of drug-likeness (QED) is 0.588. The first-order chi connectivity index (χ1) is 9.70. The highest BCUT2D eigenvalue weighted by molar-refractivity contribution is 14.1. The average molecular weight is 381 g/mol. The van der Waals surface area contributed by atoms with Gasteiger partial charge in [0.15, 0.2) is 0 Å². The number of hydrogen-bond donors (Lipinski definition) is 0. The fraction of sp³-hybridized carbons (Fsp3) is 0.188. The minimum atomic E-state index is -0.308. The van der Waals surface area contributed by atoms with E-state index in [1.807, 2.05) is 19.1 Å². The van der Waals surface area contributed by atoms with Crippen LogP contribution in [0, 0.1) is 21.2 Å². The van der Waals surface area contributed by atoms with Crippen molar-refractivity contribution in [2.45, 2.75) is 20.0 Å². The van der Waals surface area contributed by atoms with Crippen LogP contribution >= 0.6 is 22.6 Å². The molecule has 0 aliphatic rings. The van der Waals surface area contributed by atoms with Crippen molar-refractivity contribution < 1.29 is 9.13 Å². The Hall–Kier alpha value is -1.61. The zero-order chi connectivity index (χ0) is 14.4. The van der Waals surface area contributed by atoms with E-state index in [1.54, 1.807) is 12.3 Å². The lowest BCUT2D eigenvalue weighted by Gasteiger charge is -2.09. The van der Waals surface area contributed by atoms with Crippen molar-refractivity contribution in [2.24, 2.45) is 0 Å². The topological polar surface area (TPSA) is 22.1 Å². The molecule has 0 saturated heterocycles. The molecular formula is C16H13FINO. The molecule has 2 nitrogen and oxygen atoms in total. The van der Waals surface area contributed by atoms with E-state index in [9.17, 15) is 4.39 Å². The van der Waals surface area contributed by atoms with Crippen LogP contribution in [-0.4, -0.2) is 4.98 Å². The van der Waals surface area contributed by atoms with Crippen LogP contribution in [0.25, 0.3) is 0 Å². The molecule has 0 N–H and O–H groups in total. The molecule has 1 aromatic carbocycles. The Morgan fingerprint density at radius 2 is 2.20 bits per heavy atom. The maximum atomic E-state index is 13.2. The van der Waals surface area contributed by atoms with Gasteiger partial charge >= 0.3 is 0 Å². The Balaban J connectivity index is 2.17. The van der Waals surface area contributed by atoms with Crippen molar-refractivity contribution in [3.8, 4) is 17.6 Å². The van der Waals surface area contributed by atoms with Gasteiger partial charge < -0.3 is 4.74 Å². The first kappa shape index (κ1) is 14.8. The molecule has 0 aliphatic heterocycles. The van der Waals surface area contributed by atoms with Gasteiger partial charge in [0.25, 0.3) is 0 Å². The molecule has 102 valence electrons. The highest BCUT2D eigenvalue weighted by atomic mass is 127. The van der Waals surface area contributed by atoms with Crippen LogP contribution in [0.2, 0.25) is 0 Å². The summed E-state index contributed by atoms with van der Waals surface area (Å²) in [6.07, 6.45) is 2.48. The van der Waals surface area contributed by atoms with Gasteiger partial charge in [0.2, 0.25) is 0 Å². The van der Waals surface area contributed by atoms with Gasteiger partial charge in [-0.1, -0.05) is 18.9 Å². The second-order valence-corrected chi connectivity index (χ2v) is 5.19. The normalized spacial score (nSPS) is 9.75. The van der Waals surface area contributed by atoms with E-state index in [1.165, 1.54) is 12.1 Å². The largest absolute Gasteiger partial charge is 0.488 e. The van der Waals surface area contributed by atoms with Gasteiger partial charge in [0.05, 0.1) is 3.57 Å². The number of pyridine rings is 1. The van der Waals surface area contributed by atoms with Gasteiger partial charge in [-0.05, 0) is 46.7 Å². The molecule has 0 fully saturated rings. The summed E-state index contributed by atoms with van der Waals surface area (Å²) in [6, 6.07) is 8.24. The smallest absolute Gasteiger partial charge is 0.136 e. The Morgan fingerprint density at radius 1 is 1.35 bits per heavy atom. The summed E-state index contributed by atoms with van der Waals surface area (Å²) in [5, 5.41) is 0. The lowest BCUT2D eigenvalue weighted by molar-refractivity contribution is 0.301. The summed E-state index contributed by atoms with van der Waals surface area (Å²) in [6.45, 7) is 2.31. The lowest BCUT2D eigenvalue weighted by atomic mass is 10.2. The monoisotopic (exact) mass is 381 g/mol. The van der Waals surface area contributed by atoms with Crippen LogP contribution in [0.1, 0.15) is 24.6 Å². The zero-order valence-electron chi connectivity index (χ0n) is 11.0. The van der Waals surface area contributed by atoms with Crippen molar-refractivity contribution in [1.29, 1.82) is 0 Å². The molecule has 0 atom stereocenters. The lowest BCUT2D eigenvalue weighted by Crippen LogP contribution is -2.01. The maximum absolute atomic E-state index is 13.2. The molecule has 20 heavy (non-hydrogen) atoms. The molecule has 0 spiro atoms. The number of nitrogens with zero attached hydrogens (tertiary/aromatic N) is 1. The van der Waals surface area contributed by atoms with Crippen molar-refractivity contribution in [1.82, 2.24) is 4.98 Å². The van der Waals surface area contributed by atoms with E-state index in [0.717, 1.165) is 15.6 Å². The van der Waals surface area contributed by atoms with Gasteiger partial charge in [-0.2, -0.15) is 0 Å². The standard InChI is InChI=1S/C16H13FINO/c1-2-3-6-15-12(5-4-9-19-15)11-20-16-10-13(17)7-8-14(16)18/h4-5,7-10H,2,11H2,1H3. The number of rotatable bonds is 3. The maximum Gasteiger partial charge on any atom is 0.136 e. The Bertz CT molecular complexity index is 661. The molecule has 0 unspecified atom stereocenters. The highest BCUT2D eigenvalue weighted by Crippen LogP contribution is 2.23. The number of hydrogen-bond acceptors (Lipinski definition) is 2. The number of halogens is 2. The van der Waals surface area contributed by atoms with Gasteiger partial charge in [-0.3, -0.25) is 0 Å². The van der Waals surface area contributed by atoms with E-state index in [2.05, 4.69) is 39.4 Å². The summed E-state index contributed by atoms with van der Waals surface area (Å²) >= 11 is 2.12. The summed E-state index contributed by atoms with van der Waals surface area (Å²) in [4.78, 5) is 4.24. The SMILES string of the molecule is CCC#Cc1ncccc1COc1cc(F)ccc1I. The minimum Gasteiger partial charge on any atom is -0.488 e. The van der Waals surface area contributed by atoms with E-state index < -0.39 is 0 Å². The van der Waals surface area contributed by atoms with Crippen LogP contribution in [0.4, 0.5) is 4.39 Å². The Morgan fingerprint density at radius 3 is 3.00 bits per heavy atom. The molecule has 0 amide bonds. The van der Waals surface area contributed by atoms with Crippen LogP contribution in [-0.2, 0) is 6.61 Å². The van der Waals surface area contributed by atoms with E-state index in [-0.39, 0.29) is 5.82 Å². The summed E-state index contributed by atoms with van der Waals surface area (Å²) in [5.41, 5.74) is 1.61. The molecule has 2 rings (SSSR count). The molecule has 1 aromatic heterocycles. The van der Waals surface area contributed by atoms with Crippen molar-refractivity contribution >= 4 is 22.6 Å². The Labute approximate surface area is 131 Å². The molecule has 4 heteroatoms. The third kappa shape index (κ3) is 3.94. The minimum absolute atomic E-state index is 0.308. The predicted octanol–water partition coefficient (Wildman–Crippen LogP) is 4.17. The van der Waals surface area contributed by atoms with Gasteiger partial charge in [-0.15, -0.1) is 0 Å². The fourth-order valence-corrected chi connectivity index (χ4v) is 2.07. The van der Waals surface area contributed by atoms with Crippen LogP contribution in [0.15, 0.2) is 36.5 Å². The zero-order valence-corrected chi connectivity index (χ0v) is 13.1.